The molecule has 0 atom stereocenters. The molecule has 7 heteroatoms. The first-order valence-corrected chi connectivity index (χ1v) is 14.2. The summed E-state index contributed by atoms with van der Waals surface area (Å²) in [7, 11) is -3.84. The molecular weight excluding hydrogens is 486 g/mol. The number of carboxylic acid groups (broad SMARTS) is 1. The normalized spacial score (nSPS) is 16.6. The van der Waals surface area contributed by atoms with Crippen LogP contribution < -0.4 is 9.04 Å². The molecule has 6 nitrogen and oxygen atoms in total. The number of rotatable bonds is 6. The number of aryl methyl sites for hydroxylation is 3. The first kappa shape index (κ1) is 25.3. The van der Waals surface area contributed by atoms with E-state index in [1.807, 2.05) is 6.92 Å². The number of nitrogens with zero attached hydrogens (tertiary/aromatic N) is 1. The van der Waals surface area contributed by atoms with E-state index < -0.39 is 22.6 Å². The molecule has 1 fully saturated rings. The Kier molecular flexibility index (Phi) is 6.52. The molecule has 0 radical (unpaired) electrons. The van der Waals surface area contributed by atoms with E-state index in [4.69, 9.17) is 9.84 Å². The van der Waals surface area contributed by atoms with Gasteiger partial charge in [0.1, 0.15) is 5.75 Å². The highest BCUT2D eigenvalue weighted by atomic mass is 32.2. The molecule has 194 valence electrons. The molecule has 1 spiro atoms. The van der Waals surface area contributed by atoms with Gasteiger partial charge in [-0.3, -0.25) is 4.31 Å². The molecular formula is C30H33NO5S. The van der Waals surface area contributed by atoms with Gasteiger partial charge in [-0.1, -0.05) is 49.1 Å². The van der Waals surface area contributed by atoms with Crippen LogP contribution in [-0.4, -0.2) is 32.6 Å². The number of ether oxygens (including phenoxy) is 1. The summed E-state index contributed by atoms with van der Waals surface area (Å²) >= 11 is 0. The topological polar surface area (TPSA) is 83.9 Å². The van der Waals surface area contributed by atoms with Crippen LogP contribution in [0.4, 0.5) is 5.69 Å². The van der Waals surface area contributed by atoms with Crippen LogP contribution in [0.5, 0.6) is 5.75 Å². The fourth-order valence-electron chi connectivity index (χ4n) is 5.94. The number of fused-ring (bicyclic) bond motifs is 2. The van der Waals surface area contributed by atoms with Gasteiger partial charge in [0, 0.05) is 12.0 Å². The molecule has 3 aromatic carbocycles. The van der Waals surface area contributed by atoms with Gasteiger partial charge in [-0.15, -0.1) is 0 Å². The number of aliphatic carboxylic acids is 1. The predicted octanol–water partition coefficient (Wildman–Crippen LogP) is 6.15. The van der Waals surface area contributed by atoms with Gasteiger partial charge in [0.2, 0.25) is 0 Å². The van der Waals surface area contributed by atoms with Crippen LogP contribution in [0.1, 0.15) is 54.4 Å². The molecule has 1 saturated carbocycles. The Morgan fingerprint density at radius 1 is 0.919 bits per heavy atom. The third-order valence-electron chi connectivity index (χ3n) is 7.85. The monoisotopic (exact) mass is 519 g/mol. The molecule has 0 bridgehead atoms. The van der Waals surface area contributed by atoms with Gasteiger partial charge in [0.05, 0.1) is 10.6 Å². The van der Waals surface area contributed by atoms with E-state index in [2.05, 4.69) is 43.3 Å². The van der Waals surface area contributed by atoms with E-state index >= 15 is 0 Å². The van der Waals surface area contributed by atoms with Crippen LogP contribution in [0.15, 0.2) is 59.5 Å². The van der Waals surface area contributed by atoms with Crippen LogP contribution in [0.2, 0.25) is 0 Å². The Hall–Kier alpha value is -3.32. The van der Waals surface area contributed by atoms with Gasteiger partial charge in [0.15, 0.2) is 6.61 Å². The molecule has 5 rings (SSSR count). The molecule has 37 heavy (non-hydrogen) atoms. The zero-order chi connectivity index (χ0) is 26.4. The second kappa shape index (κ2) is 9.53. The van der Waals surface area contributed by atoms with Crippen LogP contribution in [0.25, 0.3) is 11.1 Å². The first-order chi connectivity index (χ1) is 17.6. The number of benzene rings is 3. The number of anilines is 1. The van der Waals surface area contributed by atoms with Crippen molar-refractivity contribution in [2.24, 2.45) is 0 Å². The maximum atomic E-state index is 14.1. The minimum absolute atomic E-state index is 0.188. The Morgan fingerprint density at radius 2 is 1.62 bits per heavy atom. The average Bonchev–Trinajstić information content (AvgIpc) is 3.18. The zero-order valence-corrected chi connectivity index (χ0v) is 22.4. The molecule has 1 N–H and O–H groups in total. The van der Waals surface area contributed by atoms with Crippen LogP contribution in [0, 0.1) is 20.8 Å². The van der Waals surface area contributed by atoms with Crippen LogP contribution >= 0.6 is 0 Å². The lowest BCUT2D eigenvalue weighted by atomic mass is 9.70. The van der Waals surface area contributed by atoms with E-state index in [1.165, 1.54) is 18.1 Å². The summed E-state index contributed by atoms with van der Waals surface area (Å²) in [4.78, 5) is 11.1. The van der Waals surface area contributed by atoms with E-state index in [1.54, 1.807) is 23.4 Å². The fraction of sp³-hybridized carbons (Fsp3) is 0.367. The first-order valence-electron chi connectivity index (χ1n) is 12.8. The highest BCUT2D eigenvalue weighted by Crippen LogP contribution is 2.53. The van der Waals surface area contributed by atoms with Crippen molar-refractivity contribution in [1.29, 1.82) is 0 Å². The van der Waals surface area contributed by atoms with Gasteiger partial charge in [-0.05, 0) is 91.8 Å². The van der Waals surface area contributed by atoms with Gasteiger partial charge >= 0.3 is 5.97 Å². The molecule has 0 unspecified atom stereocenters. The Morgan fingerprint density at radius 3 is 2.27 bits per heavy atom. The van der Waals surface area contributed by atoms with Gasteiger partial charge < -0.3 is 9.84 Å². The molecule has 0 saturated heterocycles. The van der Waals surface area contributed by atoms with Gasteiger partial charge in [-0.2, -0.15) is 0 Å². The summed E-state index contributed by atoms with van der Waals surface area (Å²) in [5.74, 6) is -0.714. The third-order valence-corrected chi connectivity index (χ3v) is 9.59. The summed E-state index contributed by atoms with van der Waals surface area (Å²) in [5.41, 5.74) is 6.76. The number of carboxylic acids is 1. The summed E-state index contributed by atoms with van der Waals surface area (Å²) in [6.07, 6.45) is 5.32. The van der Waals surface area contributed by atoms with E-state index in [0.717, 1.165) is 53.6 Å². The Bertz CT molecular complexity index is 1450. The van der Waals surface area contributed by atoms with Crippen molar-refractivity contribution in [2.75, 3.05) is 17.5 Å². The Labute approximate surface area is 219 Å². The molecule has 0 aromatic heterocycles. The third kappa shape index (κ3) is 4.61. The van der Waals surface area contributed by atoms with Crippen molar-refractivity contribution in [3.8, 4) is 16.9 Å². The lowest BCUT2D eigenvalue weighted by molar-refractivity contribution is -0.139. The lowest BCUT2D eigenvalue weighted by Gasteiger charge is -2.34. The minimum Gasteiger partial charge on any atom is -0.482 e. The highest BCUT2D eigenvalue weighted by molar-refractivity contribution is 7.92. The van der Waals surface area contributed by atoms with Crippen molar-refractivity contribution in [1.82, 2.24) is 0 Å². The number of sulfonamides is 1. The predicted molar refractivity (Wildman–Crippen MR) is 145 cm³/mol. The maximum absolute atomic E-state index is 14.1. The molecule has 2 aliphatic rings. The zero-order valence-electron chi connectivity index (χ0n) is 21.6. The largest absolute Gasteiger partial charge is 0.482 e. The van der Waals surface area contributed by atoms with Gasteiger partial charge in [-0.25, -0.2) is 13.2 Å². The van der Waals surface area contributed by atoms with Crippen molar-refractivity contribution < 1.29 is 23.1 Å². The lowest BCUT2D eigenvalue weighted by Crippen LogP contribution is -2.38. The second-order valence-electron chi connectivity index (χ2n) is 10.5. The van der Waals surface area contributed by atoms with E-state index in [0.29, 0.717) is 17.9 Å². The Balaban J connectivity index is 1.59. The maximum Gasteiger partial charge on any atom is 0.341 e. The fourth-order valence-corrected chi connectivity index (χ4v) is 7.66. The minimum atomic E-state index is -3.84. The quantitative estimate of drug-likeness (QED) is 0.422. The van der Waals surface area contributed by atoms with Crippen molar-refractivity contribution in [2.45, 2.75) is 63.2 Å². The number of hydrogen-bond donors (Lipinski definition) is 1. The SMILES string of the molecule is Cc1ccc(-c2cc(C)c3c(c2)C2(CCCCC2)CN3S(=O)(=O)c2ccc(OCC(=O)O)c(C)c2)cc1. The molecule has 1 heterocycles. The smallest absolute Gasteiger partial charge is 0.341 e. The summed E-state index contributed by atoms with van der Waals surface area (Å²) < 4.78 is 35.1. The molecule has 0 amide bonds. The summed E-state index contributed by atoms with van der Waals surface area (Å²) in [5, 5.41) is 8.91. The van der Waals surface area contributed by atoms with Crippen LogP contribution in [-0.2, 0) is 20.2 Å². The number of hydrogen-bond acceptors (Lipinski definition) is 4. The summed E-state index contributed by atoms with van der Waals surface area (Å²) in [6.45, 7) is 5.78. The van der Waals surface area contributed by atoms with Crippen LogP contribution in [0.3, 0.4) is 0 Å². The van der Waals surface area contributed by atoms with E-state index in [9.17, 15) is 13.2 Å². The second-order valence-corrected chi connectivity index (χ2v) is 12.4. The van der Waals surface area contributed by atoms with E-state index in [-0.39, 0.29) is 10.3 Å². The number of carbonyl (C=O) groups is 1. The molecule has 1 aliphatic heterocycles. The van der Waals surface area contributed by atoms with Gasteiger partial charge in [0.25, 0.3) is 10.0 Å². The molecule has 3 aromatic rings. The van der Waals surface area contributed by atoms with Crippen molar-refractivity contribution in [3.05, 3.63) is 76.9 Å². The van der Waals surface area contributed by atoms with Crippen molar-refractivity contribution >= 4 is 21.7 Å². The molecule has 1 aliphatic carbocycles. The average molecular weight is 520 g/mol. The standard InChI is InChI=1S/C30H33NO5S/c1-20-7-9-23(10-8-20)24-15-22(3)29-26(17-24)30(13-5-4-6-14-30)19-31(29)37(34,35)25-11-12-27(21(2)16-25)36-18-28(32)33/h7-12,15-17H,4-6,13-14,18-19H2,1-3H3,(H,32,33). The van der Waals surface area contributed by atoms with Crippen molar-refractivity contribution in [3.63, 3.8) is 0 Å². The summed E-state index contributed by atoms with van der Waals surface area (Å²) in [6, 6.07) is 17.4. The highest BCUT2D eigenvalue weighted by Gasteiger charge is 2.48.